The van der Waals surface area contributed by atoms with Gasteiger partial charge in [-0.1, -0.05) is 13.8 Å². The van der Waals surface area contributed by atoms with Crippen LogP contribution in [0.5, 0.6) is 5.88 Å². The highest BCUT2D eigenvalue weighted by Gasteiger charge is 2.10. The van der Waals surface area contributed by atoms with Gasteiger partial charge < -0.3 is 10.1 Å². The van der Waals surface area contributed by atoms with E-state index >= 15 is 0 Å². The van der Waals surface area contributed by atoms with Crippen LogP contribution >= 0.6 is 15.9 Å². The Morgan fingerprint density at radius 3 is 2.52 bits per heavy atom. The van der Waals surface area contributed by atoms with Crippen molar-refractivity contribution in [3.05, 3.63) is 41.4 Å². The van der Waals surface area contributed by atoms with Crippen LogP contribution in [0.25, 0.3) is 16.8 Å². The van der Waals surface area contributed by atoms with Gasteiger partial charge in [0, 0.05) is 42.3 Å². The van der Waals surface area contributed by atoms with Crippen LogP contribution < -0.4 is 4.74 Å². The van der Waals surface area contributed by atoms with Gasteiger partial charge in [0.1, 0.15) is 6.61 Å². The third-order valence-corrected chi connectivity index (χ3v) is 5.05. The molecule has 0 atom stereocenters. The summed E-state index contributed by atoms with van der Waals surface area (Å²) in [7, 11) is 0. The summed E-state index contributed by atoms with van der Waals surface area (Å²) in [6, 6.07) is 3.92. The molecule has 1 aliphatic rings. The smallest absolute Gasteiger partial charge is 0.213 e. The highest BCUT2D eigenvalue weighted by atomic mass is 79.9. The molecule has 0 bridgehead atoms. The lowest BCUT2D eigenvalue weighted by atomic mass is 10.1. The Morgan fingerprint density at radius 2 is 1.83 bits per heavy atom. The summed E-state index contributed by atoms with van der Waals surface area (Å²) in [5, 5.41) is 10.3. The summed E-state index contributed by atoms with van der Waals surface area (Å²) in [6.07, 6.45) is 12.5. The van der Waals surface area contributed by atoms with E-state index in [0.717, 1.165) is 27.8 Å². The van der Waals surface area contributed by atoms with Gasteiger partial charge in [-0.3, -0.25) is 4.90 Å². The van der Waals surface area contributed by atoms with Gasteiger partial charge >= 0.3 is 0 Å². The molecular formula is C21H29BrN6O. The van der Waals surface area contributed by atoms with Gasteiger partial charge in [-0.15, -0.1) is 0 Å². The lowest BCUT2D eigenvalue weighted by Gasteiger charge is -2.26. The summed E-state index contributed by atoms with van der Waals surface area (Å²) in [5.41, 5.74) is 2.76. The standard InChI is InChI=1S/C18H20BrN5O.C2H5N.CH4/c19-16-12-22-24-13-15(11-21-18(16)24)14-4-5-17(20-10-14)25-9-8-23-6-2-1-3-7-23;1-2-3;/h4-5,10-13H,1-3,6-9H2;2-3H,1H3;1H4. The number of nitrogens with one attached hydrogen (secondary N) is 1. The summed E-state index contributed by atoms with van der Waals surface area (Å²) < 4.78 is 8.42. The van der Waals surface area contributed by atoms with Crippen LogP contribution in [-0.2, 0) is 0 Å². The maximum absolute atomic E-state index is 6.08. The van der Waals surface area contributed by atoms with E-state index in [-0.39, 0.29) is 7.43 Å². The average Bonchev–Trinajstić information content (AvgIpc) is 3.10. The van der Waals surface area contributed by atoms with Gasteiger partial charge in [0.15, 0.2) is 5.65 Å². The Bertz CT molecular complexity index is 890. The number of hydrogen-bond acceptors (Lipinski definition) is 6. The van der Waals surface area contributed by atoms with Gasteiger partial charge in [-0.25, -0.2) is 14.5 Å². The van der Waals surface area contributed by atoms with Crippen molar-refractivity contribution in [3.8, 4) is 17.0 Å². The van der Waals surface area contributed by atoms with E-state index in [9.17, 15) is 0 Å². The highest BCUT2D eigenvalue weighted by Crippen LogP contribution is 2.22. The number of fused-ring (bicyclic) bond motifs is 1. The van der Waals surface area contributed by atoms with Crippen LogP contribution in [0.3, 0.4) is 0 Å². The minimum Gasteiger partial charge on any atom is -0.476 e. The van der Waals surface area contributed by atoms with Gasteiger partial charge in [-0.05, 0) is 61.1 Å². The molecule has 4 heterocycles. The van der Waals surface area contributed by atoms with Crippen molar-refractivity contribution >= 4 is 27.8 Å². The summed E-state index contributed by atoms with van der Waals surface area (Å²) in [6.45, 7) is 5.70. The lowest BCUT2D eigenvalue weighted by molar-refractivity contribution is 0.180. The maximum Gasteiger partial charge on any atom is 0.213 e. The fraction of sp³-hybridized carbons (Fsp3) is 0.429. The number of pyridine rings is 1. The third kappa shape index (κ3) is 6.33. The molecule has 8 heteroatoms. The Labute approximate surface area is 180 Å². The molecule has 29 heavy (non-hydrogen) atoms. The molecule has 0 unspecified atom stereocenters. The molecule has 7 nitrogen and oxygen atoms in total. The summed E-state index contributed by atoms with van der Waals surface area (Å²) >= 11 is 3.43. The number of ether oxygens (including phenoxy) is 1. The van der Waals surface area contributed by atoms with E-state index in [0.29, 0.717) is 12.5 Å². The van der Waals surface area contributed by atoms with Gasteiger partial charge in [-0.2, -0.15) is 5.10 Å². The van der Waals surface area contributed by atoms with E-state index in [2.05, 4.69) is 35.9 Å². The van der Waals surface area contributed by atoms with Crippen LogP contribution in [-0.4, -0.2) is 56.9 Å². The van der Waals surface area contributed by atoms with Crippen LogP contribution in [0.2, 0.25) is 0 Å². The predicted octanol–water partition coefficient (Wildman–Crippen LogP) is 4.71. The number of rotatable bonds is 5. The molecule has 0 aliphatic carbocycles. The molecule has 0 aromatic carbocycles. The molecule has 0 radical (unpaired) electrons. The van der Waals surface area contributed by atoms with Crippen molar-refractivity contribution in [2.75, 3.05) is 26.2 Å². The van der Waals surface area contributed by atoms with Crippen molar-refractivity contribution in [2.24, 2.45) is 0 Å². The first-order valence-corrected chi connectivity index (χ1v) is 10.3. The molecule has 1 saturated heterocycles. The van der Waals surface area contributed by atoms with E-state index in [1.165, 1.54) is 38.6 Å². The van der Waals surface area contributed by atoms with E-state index in [1.54, 1.807) is 17.6 Å². The molecular weight excluding hydrogens is 432 g/mol. The number of hydrogen-bond donors (Lipinski definition) is 1. The predicted molar refractivity (Wildman–Crippen MR) is 121 cm³/mol. The molecule has 4 rings (SSSR count). The maximum atomic E-state index is 6.08. The largest absolute Gasteiger partial charge is 0.476 e. The highest BCUT2D eigenvalue weighted by molar-refractivity contribution is 9.10. The Kier molecular flexibility index (Phi) is 9.21. The normalized spacial score (nSPS) is 13.9. The van der Waals surface area contributed by atoms with Gasteiger partial charge in [0.25, 0.3) is 0 Å². The topological polar surface area (TPSA) is 79.4 Å². The van der Waals surface area contributed by atoms with E-state index in [1.807, 2.05) is 30.7 Å². The number of nitrogens with zero attached hydrogens (tertiary/aromatic N) is 5. The van der Waals surface area contributed by atoms with Crippen LogP contribution in [0.4, 0.5) is 0 Å². The Morgan fingerprint density at radius 1 is 1.10 bits per heavy atom. The number of aromatic nitrogens is 4. The molecule has 1 N–H and O–H groups in total. The molecule has 156 valence electrons. The van der Waals surface area contributed by atoms with Crippen LogP contribution in [0.15, 0.2) is 41.4 Å². The van der Waals surface area contributed by atoms with Crippen molar-refractivity contribution in [3.63, 3.8) is 0 Å². The molecule has 3 aromatic heterocycles. The van der Waals surface area contributed by atoms with E-state index in [4.69, 9.17) is 10.1 Å². The van der Waals surface area contributed by atoms with Gasteiger partial charge in [0.05, 0.1) is 10.7 Å². The van der Waals surface area contributed by atoms with Crippen molar-refractivity contribution in [1.82, 2.24) is 24.5 Å². The minimum absolute atomic E-state index is 0. The molecule has 0 spiro atoms. The first-order chi connectivity index (χ1) is 13.7. The van der Waals surface area contributed by atoms with Crippen molar-refractivity contribution in [1.29, 1.82) is 5.41 Å². The van der Waals surface area contributed by atoms with Crippen molar-refractivity contribution in [2.45, 2.75) is 33.6 Å². The fourth-order valence-electron chi connectivity index (χ4n) is 3.09. The Balaban J connectivity index is 0.000000708. The zero-order chi connectivity index (χ0) is 19.8. The first kappa shape index (κ1) is 23.0. The second-order valence-corrected chi connectivity index (χ2v) is 7.38. The molecule has 0 saturated carbocycles. The zero-order valence-electron chi connectivity index (χ0n) is 16.0. The number of piperidine rings is 1. The molecule has 1 aliphatic heterocycles. The average molecular weight is 461 g/mol. The van der Waals surface area contributed by atoms with Crippen molar-refractivity contribution < 1.29 is 4.74 Å². The minimum atomic E-state index is 0. The Hall–Kier alpha value is -2.32. The third-order valence-electron chi connectivity index (χ3n) is 4.49. The SMILES string of the molecule is Brc1cnn2cc(-c3ccc(OCCN4CCCCC4)nc3)cnc12.C.CC=N. The van der Waals surface area contributed by atoms with E-state index < -0.39 is 0 Å². The summed E-state index contributed by atoms with van der Waals surface area (Å²) in [5.74, 6) is 0.664. The monoisotopic (exact) mass is 460 g/mol. The second-order valence-electron chi connectivity index (χ2n) is 6.53. The van der Waals surface area contributed by atoms with Crippen LogP contribution in [0, 0.1) is 5.41 Å². The fourth-order valence-corrected chi connectivity index (χ4v) is 3.47. The second kappa shape index (κ2) is 11.6. The molecule has 3 aromatic rings. The number of halogens is 1. The quantitative estimate of drug-likeness (QED) is 0.557. The molecule has 1 fully saturated rings. The summed E-state index contributed by atoms with van der Waals surface area (Å²) in [4.78, 5) is 11.3. The number of likely N-dealkylation sites (tertiary alicyclic amines) is 1. The zero-order valence-corrected chi connectivity index (χ0v) is 17.6. The first-order valence-electron chi connectivity index (χ1n) is 9.47. The van der Waals surface area contributed by atoms with Crippen LogP contribution in [0.1, 0.15) is 33.6 Å². The van der Waals surface area contributed by atoms with Gasteiger partial charge in [0.2, 0.25) is 5.88 Å². The lowest BCUT2D eigenvalue weighted by Crippen LogP contribution is -2.33. The molecule has 0 amide bonds.